The van der Waals surface area contributed by atoms with Gasteiger partial charge in [0.15, 0.2) is 0 Å². The van der Waals surface area contributed by atoms with E-state index in [2.05, 4.69) is 18.8 Å². The average Bonchev–Trinajstić information content (AvgIpc) is 2.76. The van der Waals surface area contributed by atoms with Crippen LogP contribution in [-0.4, -0.2) is 0 Å². The summed E-state index contributed by atoms with van der Waals surface area (Å²) in [4.78, 5) is -0.380. The number of thioether (sulfide) groups is 1. The highest BCUT2D eigenvalue weighted by atomic mass is 32.2. The van der Waals surface area contributed by atoms with Gasteiger partial charge in [-0.15, -0.1) is 0 Å². The van der Waals surface area contributed by atoms with Gasteiger partial charge in [0.2, 0.25) is 0 Å². The van der Waals surface area contributed by atoms with Gasteiger partial charge in [0.25, 0.3) is 0 Å². The molecule has 3 rings (SSSR count). The van der Waals surface area contributed by atoms with Crippen LogP contribution in [0.4, 0.5) is 13.2 Å². The molecular formula is C26H26F3NS. The van der Waals surface area contributed by atoms with E-state index >= 15 is 0 Å². The number of thiocyanates is 1. The Morgan fingerprint density at radius 3 is 2.29 bits per heavy atom. The molecule has 0 radical (unpaired) electrons. The van der Waals surface area contributed by atoms with Gasteiger partial charge in [0.05, 0.1) is 4.90 Å². The Bertz CT molecular complexity index is 985. The van der Waals surface area contributed by atoms with E-state index in [0.29, 0.717) is 23.2 Å². The standard InChI is InChI=1S/C26H26F3NS/c1-2-3-4-5-18-6-8-19(9-7-18)10-11-20-12-13-22(23(27)14-20)21-15-24(28)26(31-17-30)25(29)16-21/h12-16,18-19H,2-9H2,1H3. The second kappa shape index (κ2) is 11.3. The second-order valence-corrected chi connectivity index (χ2v) is 8.93. The summed E-state index contributed by atoms with van der Waals surface area (Å²) in [7, 11) is 0. The maximum atomic E-state index is 14.6. The Kier molecular flexibility index (Phi) is 8.50. The molecule has 1 nitrogen and oxygen atoms in total. The number of unbranched alkanes of at least 4 members (excludes halogenated alkanes) is 2. The normalized spacial score (nSPS) is 18.2. The van der Waals surface area contributed by atoms with Crippen LogP contribution in [-0.2, 0) is 0 Å². The summed E-state index contributed by atoms with van der Waals surface area (Å²) < 4.78 is 42.8. The lowest BCUT2D eigenvalue weighted by Crippen LogP contribution is -2.13. The van der Waals surface area contributed by atoms with Gasteiger partial charge in [-0.05, 0) is 73.2 Å². The average molecular weight is 442 g/mol. The summed E-state index contributed by atoms with van der Waals surface area (Å²) in [5.41, 5.74) is 0.754. The molecule has 162 valence electrons. The minimum Gasteiger partial charge on any atom is -0.206 e. The Hall–Kier alpha value is -2.37. The molecule has 0 N–H and O–H groups in total. The van der Waals surface area contributed by atoms with Crippen LogP contribution in [0.15, 0.2) is 35.2 Å². The topological polar surface area (TPSA) is 23.8 Å². The van der Waals surface area contributed by atoms with Crippen LogP contribution < -0.4 is 0 Å². The molecule has 1 saturated carbocycles. The van der Waals surface area contributed by atoms with Gasteiger partial charge in [0.1, 0.15) is 22.9 Å². The van der Waals surface area contributed by atoms with Crippen LogP contribution in [0.5, 0.6) is 0 Å². The van der Waals surface area contributed by atoms with E-state index < -0.39 is 17.5 Å². The fourth-order valence-electron chi connectivity index (χ4n) is 4.15. The highest BCUT2D eigenvalue weighted by molar-refractivity contribution is 8.03. The zero-order valence-corrected chi connectivity index (χ0v) is 18.5. The van der Waals surface area contributed by atoms with Crippen LogP contribution in [0.1, 0.15) is 63.9 Å². The van der Waals surface area contributed by atoms with Crippen molar-refractivity contribution in [3.8, 4) is 28.4 Å². The van der Waals surface area contributed by atoms with Crippen molar-refractivity contribution >= 4 is 11.8 Å². The maximum absolute atomic E-state index is 14.6. The number of nitriles is 1. The molecule has 0 atom stereocenters. The lowest BCUT2D eigenvalue weighted by molar-refractivity contribution is 0.294. The molecule has 1 fully saturated rings. The molecule has 2 aromatic carbocycles. The molecule has 0 spiro atoms. The van der Waals surface area contributed by atoms with Crippen molar-refractivity contribution in [3.05, 3.63) is 53.3 Å². The van der Waals surface area contributed by atoms with Crippen molar-refractivity contribution in [3.63, 3.8) is 0 Å². The third-order valence-corrected chi connectivity index (χ3v) is 6.59. The van der Waals surface area contributed by atoms with Crippen molar-refractivity contribution in [2.45, 2.75) is 63.2 Å². The third kappa shape index (κ3) is 6.31. The van der Waals surface area contributed by atoms with E-state index in [4.69, 9.17) is 5.26 Å². The molecule has 1 aliphatic carbocycles. The molecule has 0 amide bonds. The third-order valence-electron chi connectivity index (χ3n) is 5.91. The van der Waals surface area contributed by atoms with Gasteiger partial charge in [-0.25, -0.2) is 13.2 Å². The quantitative estimate of drug-likeness (QED) is 0.196. The predicted molar refractivity (Wildman–Crippen MR) is 120 cm³/mol. The summed E-state index contributed by atoms with van der Waals surface area (Å²) in [5.74, 6) is 5.18. The molecular weight excluding hydrogens is 415 g/mol. The Morgan fingerprint density at radius 2 is 1.68 bits per heavy atom. The minimum absolute atomic E-state index is 0.0932. The van der Waals surface area contributed by atoms with Crippen molar-refractivity contribution in [2.24, 2.45) is 11.8 Å². The Balaban J connectivity index is 1.66. The van der Waals surface area contributed by atoms with Gasteiger partial charge < -0.3 is 0 Å². The van der Waals surface area contributed by atoms with E-state index in [9.17, 15) is 13.2 Å². The Morgan fingerprint density at radius 1 is 0.968 bits per heavy atom. The first-order valence-corrected chi connectivity index (χ1v) is 11.7. The first-order valence-electron chi connectivity index (χ1n) is 10.9. The maximum Gasteiger partial charge on any atom is 0.141 e. The summed E-state index contributed by atoms with van der Waals surface area (Å²) in [5, 5.41) is 10.3. The number of benzene rings is 2. The number of rotatable bonds is 6. The van der Waals surface area contributed by atoms with E-state index in [0.717, 1.165) is 30.9 Å². The highest BCUT2D eigenvalue weighted by Gasteiger charge is 2.19. The van der Waals surface area contributed by atoms with Gasteiger partial charge in [-0.1, -0.05) is 50.5 Å². The largest absolute Gasteiger partial charge is 0.206 e. The zero-order chi connectivity index (χ0) is 22.2. The number of nitrogens with zero attached hydrogens (tertiary/aromatic N) is 1. The van der Waals surface area contributed by atoms with E-state index in [1.807, 2.05) is 0 Å². The second-order valence-electron chi connectivity index (χ2n) is 8.14. The smallest absolute Gasteiger partial charge is 0.141 e. The molecule has 0 bridgehead atoms. The van der Waals surface area contributed by atoms with Crippen molar-refractivity contribution < 1.29 is 13.2 Å². The predicted octanol–water partition coefficient (Wildman–Crippen LogP) is 8.08. The van der Waals surface area contributed by atoms with Gasteiger partial charge in [-0.2, -0.15) is 5.26 Å². The number of hydrogen-bond acceptors (Lipinski definition) is 2. The zero-order valence-electron chi connectivity index (χ0n) is 17.7. The summed E-state index contributed by atoms with van der Waals surface area (Å²) >= 11 is 0.407. The van der Waals surface area contributed by atoms with Crippen molar-refractivity contribution in [1.82, 2.24) is 0 Å². The first-order chi connectivity index (χ1) is 15.0. The fourth-order valence-corrected chi connectivity index (χ4v) is 4.55. The minimum atomic E-state index is -0.880. The van der Waals surface area contributed by atoms with E-state index in [1.54, 1.807) is 11.5 Å². The Labute approximate surface area is 187 Å². The highest BCUT2D eigenvalue weighted by Crippen LogP contribution is 2.33. The van der Waals surface area contributed by atoms with Crippen LogP contribution >= 0.6 is 11.8 Å². The van der Waals surface area contributed by atoms with Crippen molar-refractivity contribution in [1.29, 1.82) is 5.26 Å². The molecule has 5 heteroatoms. The SMILES string of the molecule is CCCCCC1CCC(C#Cc2ccc(-c3cc(F)c(SC#N)c(F)c3)c(F)c2)CC1. The molecule has 0 aromatic heterocycles. The molecule has 0 aliphatic heterocycles. The summed E-state index contributed by atoms with van der Waals surface area (Å²) in [6, 6.07) is 6.58. The fraction of sp³-hybridized carbons (Fsp3) is 0.423. The van der Waals surface area contributed by atoms with Gasteiger partial charge >= 0.3 is 0 Å². The van der Waals surface area contributed by atoms with Crippen LogP contribution in [0.25, 0.3) is 11.1 Å². The van der Waals surface area contributed by atoms with Crippen LogP contribution in [0.3, 0.4) is 0 Å². The molecule has 0 heterocycles. The number of hydrogen-bond donors (Lipinski definition) is 0. The van der Waals surface area contributed by atoms with Crippen LogP contribution in [0.2, 0.25) is 0 Å². The van der Waals surface area contributed by atoms with Crippen LogP contribution in [0, 0.1) is 51.8 Å². The van der Waals surface area contributed by atoms with E-state index in [-0.39, 0.29) is 16.0 Å². The van der Waals surface area contributed by atoms with Gasteiger partial charge in [0, 0.05) is 17.0 Å². The molecule has 2 aromatic rings. The van der Waals surface area contributed by atoms with E-state index in [1.165, 1.54) is 50.7 Å². The lowest BCUT2D eigenvalue weighted by Gasteiger charge is -2.25. The molecule has 31 heavy (non-hydrogen) atoms. The summed E-state index contributed by atoms with van der Waals surface area (Å²) in [6.45, 7) is 2.23. The number of halogens is 3. The monoisotopic (exact) mass is 441 g/mol. The molecule has 1 aliphatic rings. The summed E-state index contributed by atoms with van der Waals surface area (Å²) in [6.07, 6.45) is 9.82. The lowest BCUT2D eigenvalue weighted by atomic mass is 9.80. The first kappa shape index (κ1) is 23.3. The molecule has 0 unspecified atom stereocenters. The van der Waals surface area contributed by atoms with Gasteiger partial charge in [-0.3, -0.25) is 0 Å². The molecule has 0 saturated heterocycles. The van der Waals surface area contributed by atoms with Crippen molar-refractivity contribution in [2.75, 3.05) is 0 Å².